The third kappa shape index (κ3) is 7.12. The topological polar surface area (TPSA) is 98.2 Å². The fourth-order valence-electron chi connectivity index (χ4n) is 2.66. The number of ether oxygens (including phenoxy) is 3. The SMILES string of the molecule is CCOC(=O)N[C@@H](Cc1ccccc1)C(=O)N/N=C\c1ccc(OCC)c(OC)c1. The maximum atomic E-state index is 12.6. The zero-order valence-electron chi connectivity index (χ0n) is 17.4. The van der Waals surface area contributed by atoms with Gasteiger partial charge in [-0.15, -0.1) is 0 Å². The van der Waals surface area contributed by atoms with Gasteiger partial charge in [0.25, 0.3) is 5.91 Å². The maximum absolute atomic E-state index is 12.6. The minimum absolute atomic E-state index is 0.212. The van der Waals surface area contributed by atoms with Crippen LogP contribution in [0.2, 0.25) is 0 Å². The Morgan fingerprint density at radius 3 is 2.50 bits per heavy atom. The Morgan fingerprint density at radius 1 is 1.07 bits per heavy atom. The van der Waals surface area contributed by atoms with Gasteiger partial charge >= 0.3 is 6.09 Å². The number of rotatable bonds is 10. The average Bonchev–Trinajstić information content (AvgIpc) is 2.75. The molecule has 0 saturated heterocycles. The molecule has 2 amide bonds. The molecule has 2 aromatic rings. The Bertz CT molecular complexity index is 855. The number of carbonyl (C=O) groups excluding carboxylic acids is 2. The lowest BCUT2D eigenvalue weighted by atomic mass is 10.1. The van der Waals surface area contributed by atoms with E-state index in [1.54, 1.807) is 32.2 Å². The average molecular weight is 413 g/mol. The first-order valence-corrected chi connectivity index (χ1v) is 9.68. The van der Waals surface area contributed by atoms with Crippen molar-refractivity contribution < 1.29 is 23.8 Å². The first-order valence-electron chi connectivity index (χ1n) is 9.68. The van der Waals surface area contributed by atoms with Crippen LogP contribution >= 0.6 is 0 Å². The number of nitrogens with one attached hydrogen (secondary N) is 2. The van der Waals surface area contributed by atoms with Crippen molar-refractivity contribution in [1.82, 2.24) is 10.7 Å². The third-order valence-electron chi connectivity index (χ3n) is 4.04. The van der Waals surface area contributed by atoms with Crippen molar-refractivity contribution in [1.29, 1.82) is 0 Å². The van der Waals surface area contributed by atoms with Crippen molar-refractivity contribution in [3.05, 3.63) is 59.7 Å². The van der Waals surface area contributed by atoms with Gasteiger partial charge in [-0.2, -0.15) is 5.10 Å². The fraction of sp³-hybridized carbons (Fsp3) is 0.318. The number of benzene rings is 2. The molecule has 0 aliphatic heterocycles. The summed E-state index contributed by atoms with van der Waals surface area (Å²) in [6, 6.07) is 13.8. The number of amides is 2. The largest absolute Gasteiger partial charge is 0.493 e. The molecular formula is C22H27N3O5. The van der Waals surface area contributed by atoms with E-state index in [0.29, 0.717) is 30.1 Å². The van der Waals surface area contributed by atoms with E-state index in [2.05, 4.69) is 15.8 Å². The highest BCUT2D eigenvalue weighted by Gasteiger charge is 2.21. The van der Waals surface area contributed by atoms with Gasteiger partial charge in [-0.25, -0.2) is 10.2 Å². The van der Waals surface area contributed by atoms with Crippen LogP contribution in [0, 0.1) is 0 Å². The Balaban J connectivity index is 2.05. The van der Waals surface area contributed by atoms with E-state index in [-0.39, 0.29) is 6.61 Å². The molecule has 2 rings (SSSR count). The smallest absolute Gasteiger partial charge is 0.407 e. The molecule has 0 bridgehead atoms. The van der Waals surface area contributed by atoms with E-state index in [1.165, 1.54) is 6.21 Å². The number of carbonyl (C=O) groups is 2. The summed E-state index contributed by atoms with van der Waals surface area (Å²) in [7, 11) is 1.55. The Kier molecular flexibility index (Phi) is 9.18. The van der Waals surface area contributed by atoms with Crippen molar-refractivity contribution >= 4 is 18.2 Å². The van der Waals surface area contributed by atoms with E-state index >= 15 is 0 Å². The molecule has 0 radical (unpaired) electrons. The van der Waals surface area contributed by atoms with Crippen LogP contribution in [-0.4, -0.2) is 44.6 Å². The highest BCUT2D eigenvalue weighted by atomic mass is 16.5. The van der Waals surface area contributed by atoms with Crippen LogP contribution in [0.4, 0.5) is 4.79 Å². The van der Waals surface area contributed by atoms with E-state index in [4.69, 9.17) is 14.2 Å². The lowest BCUT2D eigenvalue weighted by Crippen LogP contribution is -2.47. The number of hydrazone groups is 1. The number of hydrogen-bond donors (Lipinski definition) is 2. The molecule has 0 unspecified atom stereocenters. The van der Waals surface area contributed by atoms with Crippen LogP contribution in [0.5, 0.6) is 11.5 Å². The highest BCUT2D eigenvalue weighted by Crippen LogP contribution is 2.27. The minimum Gasteiger partial charge on any atom is -0.493 e. The Hall–Kier alpha value is -3.55. The maximum Gasteiger partial charge on any atom is 0.407 e. The van der Waals surface area contributed by atoms with Crippen LogP contribution in [0.25, 0.3) is 0 Å². The van der Waals surface area contributed by atoms with Crippen molar-refractivity contribution in [2.24, 2.45) is 5.10 Å². The number of methoxy groups -OCH3 is 1. The number of nitrogens with zero attached hydrogens (tertiary/aromatic N) is 1. The summed E-state index contributed by atoms with van der Waals surface area (Å²) in [6.45, 7) is 4.32. The zero-order valence-corrected chi connectivity index (χ0v) is 17.4. The summed E-state index contributed by atoms with van der Waals surface area (Å²) < 4.78 is 15.7. The van der Waals surface area contributed by atoms with Crippen LogP contribution in [0.15, 0.2) is 53.6 Å². The predicted octanol–water partition coefficient (Wildman–Crippen LogP) is 2.90. The van der Waals surface area contributed by atoms with Gasteiger partial charge in [-0.05, 0) is 43.2 Å². The van der Waals surface area contributed by atoms with Gasteiger partial charge in [0.15, 0.2) is 11.5 Å². The summed E-state index contributed by atoms with van der Waals surface area (Å²) in [6.07, 6.45) is 1.13. The Labute approximate surface area is 176 Å². The van der Waals surface area contributed by atoms with Crippen molar-refractivity contribution in [2.75, 3.05) is 20.3 Å². The monoisotopic (exact) mass is 413 g/mol. The molecule has 0 aliphatic rings. The number of hydrogen-bond acceptors (Lipinski definition) is 6. The first-order chi connectivity index (χ1) is 14.6. The van der Waals surface area contributed by atoms with E-state index in [9.17, 15) is 9.59 Å². The molecule has 0 aromatic heterocycles. The fourth-order valence-corrected chi connectivity index (χ4v) is 2.66. The summed E-state index contributed by atoms with van der Waals surface area (Å²) in [5, 5.41) is 6.57. The molecular weight excluding hydrogens is 386 g/mol. The molecule has 8 nitrogen and oxygen atoms in total. The third-order valence-corrected chi connectivity index (χ3v) is 4.04. The second-order valence-electron chi connectivity index (χ2n) is 6.18. The molecule has 30 heavy (non-hydrogen) atoms. The van der Waals surface area contributed by atoms with Crippen LogP contribution in [-0.2, 0) is 16.0 Å². The summed E-state index contributed by atoms with van der Waals surface area (Å²) in [5.74, 6) is 0.738. The molecule has 0 aliphatic carbocycles. The molecule has 160 valence electrons. The predicted molar refractivity (Wildman–Crippen MR) is 114 cm³/mol. The van der Waals surface area contributed by atoms with Gasteiger partial charge < -0.3 is 19.5 Å². The van der Waals surface area contributed by atoms with Gasteiger partial charge in [0.05, 0.1) is 26.5 Å². The van der Waals surface area contributed by atoms with E-state index in [0.717, 1.165) is 5.56 Å². The lowest BCUT2D eigenvalue weighted by molar-refractivity contribution is -0.123. The van der Waals surface area contributed by atoms with Gasteiger partial charge in [0.2, 0.25) is 0 Å². The van der Waals surface area contributed by atoms with Crippen LogP contribution < -0.4 is 20.2 Å². The summed E-state index contributed by atoms with van der Waals surface area (Å²) in [4.78, 5) is 24.4. The summed E-state index contributed by atoms with van der Waals surface area (Å²) in [5.41, 5.74) is 4.08. The first kappa shape index (κ1) is 22.7. The van der Waals surface area contributed by atoms with Gasteiger partial charge in [-0.1, -0.05) is 30.3 Å². The second kappa shape index (κ2) is 12.1. The van der Waals surface area contributed by atoms with Gasteiger partial charge in [-0.3, -0.25) is 4.79 Å². The quantitative estimate of drug-likeness (QED) is 0.461. The molecule has 0 saturated carbocycles. The van der Waals surface area contributed by atoms with E-state index < -0.39 is 18.0 Å². The summed E-state index contributed by atoms with van der Waals surface area (Å²) >= 11 is 0. The zero-order chi connectivity index (χ0) is 21.8. The molecule has 2 aromatic carbocycles. The van der Waals surface area contributed by atoms with Gasteiger partial charge in [0.1, 0.15) is 6.04 Å². The van der Waals surface area contributed by atoms with E-state index in [1.807, 2.05) is 37.3 Å². The molecule has 0 heterocycles. The van der Waals surface area contributed by atoms with Crippen LogP contribution in [0.3, 0.4) is 0 Å². The second-order valence-corrected chi connectivity index (χ2v) is 6.18. The molecule has 1 atom stereocenters. The molecule has 8 heteroatoms. The minimum atomic E-state index is -0.835. The lowest BCUT2D eigenvalue weighted by Gasteiger charge is -2.16. The van der Waals surface area contributed by atoms with Crippen LogP contribution in [0.1, 0.15) is 25.0 Å². The normalized spacial score (nSPS) is 11.6. The van der Waals surface area contributed by atoms with Crippen molar-refractivity contribution in [3.8, 4) is 11.5 Å². The molecule has 0 spiro atoms. The highest BCUT2D eigenvalue weighted by molar-refractivity contribution is 5.87. The van der Waals surface area contributed by atoms with Gasteiger partial charge in [0, 0.05) is 6.42 Å². The number of alkyl carbamates (subject to hydrolysis) is 1. The van der Waals surface area contributed by atoms with Crippen molar-refractivity contribution in [3.63, 3.8) is 0 Å². The van der Waals surface area contributed by atoms with Crippen molar-refractivity contribution in [2.45, 2.75) is 26.3 Å². The standard InChI is InChI=1S/C22H27N3O5/c1-4-29-19-12-11-17(14-20(19)28-3)15-23-25-21(26)18(24-22(27)30-5-2)13-16-9-7-6-8-10-16/h6-12,14-15,18H,4-5,13H2,1-3H3,(H,24,27)(H,25,26)/b23-15-/t18-/m0/s1. The molecule has 2 N–H and O–H groups in total. The molecule has 0 fully saturated rings. The Morgan fingerprint density at radius 2 is 1.83 bits per heavy atom.